The highest BCUT2D eigenvalue weighted by molar-refractivity contribution is 5.91. The van der Waals surface area contributed by atoms with Gasteiger partial charge in [-0.1, -0.05) is 12.1 Å². The van der Waals surface area contributed by atoms with Crippen molar-refractivity contribution in [2.45, 2.75) is 6.42 Å². The van der Waals surface area contributed by atoms with Gasteiger partial charge >= 0.3 is 0 Å². The summed E-state index contributed by atoms with van der Waals surface area (Å²) in [5, 5.41) is 0. The van der Waals surface area contributed by atoms with Gasteiger partial charge < -0.3 is 14.2 Å². The van der Waals surface area contributed by atoms with Gasteiger partial charge in [-0.15, -0.1) is 0 Å². The standard InChI is InChI=1S/C17H17FN2O3/c18-14-5-3-13(4-6-14)12-16(21)19-7-9-20(10-8-19)17(22)15-2-1-11-23-15/h1-6,11H,7-10,12H2. The summed E-state index contributed by atoms with van der Waals surface area (Å²) in [4.78, 5) is 27.8. The maximum absolute atomic E-state index is 12.9. The lowest BCUT2D eigenvalue weighted by atomic mass is 10.1. The number of piperazine rings is 1. The highest BCUT2D eigenvalue weighted by Crippen LogP contribution is 2.11. The van der Waals surface area contributed by atoms with E-state index in [1.807, 2.05) is 0 Å². The van der Waals surface area contributed by atoms with Gasteiger partial charge in [0.05, 0.1) is 12.7 Å². The van der Waals surface area contributed by atoms with Crippen LogP contribution < -0.4 is 0 Å². The van der Waals surface area contributed by atoms with Gasteiger partial charge in [0.1, 0.15) is 5.82 Å². The van der Waals surface area contributed by atoms with Crippen LogP contribution in [0.3, 0.4) is 0 Å². The molecule has 6 heteroatoms. The Kier molecular flexibility index (Phi) is 4.41. The largest absolute Gasteiger partial charge is 0.459 e. The third-order valence-electron chi connectivity index (χ3n) is 3.92. The smallest absolute Gasteiger partial charge is 0.289 e. The highest BCUT2D eigenvalue weighted by atomic mass is 19.1. The highest BCUT2D eigenvalue weighted by Gasteiger charge is 2.25. The third kappa shape index (κ3) is 3.59. The first-order valence-electron chi connectivity index (χ1n) is 7.48. The van der Waals surface area contributed by atoms with Crippen LogP contribution in [0.25, 0.3) is 0 Å². The second kappa shape index (κ2) is 6.64. The fraction of sp³-hybridized carbons (Fsp3) is 0.294. The Morgan fingerprint density at radius 3 is 2.26 bits per heavy atom. The third-order valence-corrected chi connectivity index (χ3v) is 3.92. The molecule has 0 unspecified atom stereocenters. The fourth-order valence-electron chi connectivity index (χ4n) is 2.60. The van der Waals surface area contributed by atoms with Gasteiger partial charge in [0.15, 0.2) is 5.76 Å². The van der Waals surface area contributed by atoms with E-state index in [9.17, 15) is 14.0 Å². The summed E-state index contributed by atoms with van der Waals surface area (Å²) in [5.41, 5.74) is 0.783. The van der Waals surface area contributed by atoms with Crippen LogP contribution in [0, 0.1) is 5.82 Å². The number of hydrogen-bond donors (Lipinski definition) is 0. The molecule has 2 amide bonds. The molecule has 1 aliphatic rings. The maximum atomic E-state index is 12.9. The lowest BCUT2D eigenvalue weighted by Crippen LogP contribution is -2.50. The minimum Gasteiger partial charge on any atom is -0.459 e. The minimum atomic E-state index is -0.314. The summed E-state index contributed by atoms with van der Waals surface area (Å²) in [7, 11) is 0. The van der Waals surface area contributed by atoms with Crippen molar-refractivity contribution < 1.29 is 18.4 Å². The number of rotatable bonds is 3. The van der Waals surface area contributed by atoms with Crippen molar-refractivity contribution in [1.29, 1.82) is 0 Å². The summed E-state index contributed by atoms with van der Waals surface area (Å²) in [6.07, 6.45) is 1.71. The van der Waals surface area contributed by atoms with E-state index in [0.29, 0.717) is 31.9 Å². The van der Waals surface area contributed by atoms with Gasteiger partial charge in [-0.25, -0.2) is 4.39 Å². The van der Waals surface area contributed by atoms with E-state index in [-0.39, 0.29) is 24.1 Å². The van der Waals surface area contributed by atoms with Gasteiger partial charge in [0.2, 0.25) is 5.91 Å². The Morgan fingerprint density at radius 2 is 1.65 bits per heavy atom. The summed E-state index contributed by atoms with van der Waals surface area (Å²) in [5.74, 6) is -0.162. The van der Waals surface area contributed by atoms with E-state index in [4.69, 9.17) is 4.42 Å². The average Bonchev–Trinajstić information content (AvgIpc) is 3.11. The van der Waals surface area contributed by atoms with Crippen molar-refractivity contribution in [3.8, 4) is 0 Å². The molecular weight excluding hydrogens is 299 g/mol. The number of carbonyl (C=O) groups excluding carboxylic acids is 2. The number of amides is 2. The first-order valence-corrected chi connectivity index (χ1v) is 7.48. The summed E-state index contributed by atoms with van der Waals surface area (Å²) >= 11 is 0. The van der Waals surface area contributed by atoms with Gasteiger partial charge in [0, 0.05) is 26.2 Å². The molecule has 0 atom stereocenters. The molecule has 0 bridgehead atoms. The number of halogens is 1. The van der Waals surface area contributed by atoms with Gasteiger partial charge in [0.25, 0.3) is 5.91 Å². The number of furan rings is 1. The molecule has 1 aromatic carbocycles. The van der Waals surface area contributed by atoms with Crippen molar-refractivity contribution >= 4 is 11.8 Å². The fourth-order valence-corrected chi connectivity index (χ4v) is 2.60. The van der Waals surface area contributed by atoms with E-state index in [1.54, 1.807) is 34.1 Å². The first-order chi connectivity index (χ1) is 11.1. The molecule has 1 fully saturated rings. The van der Waals surface area contributed by atoms with Gasteiger partial charge in [-0.3, -0.25) is 9.59 Å². The van der Waals surface area contributed by atoms with E-state index >= 15 is 0 Å². The lowest BCUT2D eigenvalue weighted by molar-refractivity contribution is -0.131. The van der Waals surface area contributed by atoms with Crippen LogP contribution in [0.15, 0.2) is 47.1 Å². The molecule has 2 heterocycles. The number of carbonyl (C=O) groups is 2. The molecule has 0 radical (unpaired) electrons. The van der Waals surface area contributed by atoms with Crippen LogP contribution in [0.5, 0.6) is 0 Å². The zero-order valence-corrected chi connectivity index (χ0v) is 12.6. The first kappa shape index (κ1) is 15.3. The summed E-state index contributed by atoms with van der Waals surface area (Å²) < 4.78 is 18.0. The lowest BCUT2D eigenvalue weighted by Gasteiger charge is -2.34. The Labute approximate surface area is 133 Å². The summed E-state index contributed by atoms with van der Waals surface area (Å²) in [6, 6.07) is 9.24. The molecule has 0 aliphatic carbocycles. The van der Waals surface area contributed by atoms with Crippen LogP contribution in [-0.4, -0.2) is 47.8 Å². The predicted molar refractivity (Wildman–Crippen MR) is 81.3 cm³/mol. The molecule has 3 rings (SSSR count). The minimum absolute atomic E-state index is 0.0123. The number of hydrogen-bond acceptors (Lipinski definition) is 3. The van der Waals surface area contributed by atoms with E-state index in [2.05, 4.69) is 0 Å². The van der Waals surface area contributed by atoms with Crippen LogP contribution in [-0.2, 0) is 11.2 Å². The Balaban J connectivity index is 1.53. The Hall–Kier alpha value is -2.63. The van der Waals surface area contributed by atoms with Crippen LogP contribution in [0.1, 0.15) is 16.1 Å². The van der Waals surface area contributed by atoms with Crippen LogP contribution >= 0.6 is 0 Å². The summed E-state index contributed by atoms with van der Waals surface area (Å²) in [6.45, 7) is 1.95. The van der Waals surface area contributed by atoms with Gasteiger partial charge in [-0.2, -0.15) is 0 Å². The van der Waals surface area contributed by atoms with Crippen molar-refractivity contribution in [1.82, 2.24) is 9.80 Å². The van der Waals surface area contributed by atoms with E-state index in [1.165, 1.54) is 18.4 Å². The topological polar surface area (TPSA) is 53.8 Å². The average molecular weight is 316 g/mol. The predicted octanol–water partition coefficient (Wildman–Crippen LogP) is 1.95. The van der Waals surface area contributed by atoms with Crippen molar-refractivity contribution in [2.24, 2.45) is 0 Å². The molecule has 0 saturated carbocycles. The second-order valence-corrected chi connectivity index (χ2v) is 5.45. The van der Waals surface area contributed by atoms with Crippen LogP contribution in [0.2, 0.25) is 0 Å². The SMILES string of the molecule is O=C(Cc1ccc(F)cc1)N1CCN(C(=O)c2ccco2)CC1. The normalized spacial score (nSPS) is 14.8. The van der Waals surface area contributed by atoms with Crippen molar-refractivity contribution in [3.63, 3.8) is 0 Å². The monoisotopic (exact) mass is 316 g/mol. The molecule has 23 heavy (non-hydrogen) atoms. The van der Waals surface area contributed by atoms with Crippen LogP contribution in [0.4, 0.5) is 4.39 Å². The molecule has 0 spiro atoms. The molecule has 1 aromatic heterocycles. The van der Waals surface area contributed by atoms with E-state index in [0.717, 1.165) is 5.56 Å². The zero-order valence-electron chi connectivity index (χ0n) is 12.6. The van der Waals surface area contributed by atoms with Gasteiger partial charge in [-0.05, 0) is 29.8 Å². The van der Waals surface area contributed by atoms with Crippen molar-refractivity contribution in [3.05, 3.63) is 59.8 Å². The second-order valence-electron chi connectivity index (χ2n) is 5.45. The number of benzene rings is 1. The van der Waals surface area contributed by atoms with E-state index < -0.39 is 0 Å². The molecule has 5 nitrogen and oxygen atoms in total. The molecule has 1 aliphatic heterocycles. The quantitative estimate of drug-likeness (QED) is 0.869. The van der Waals surface area contributed by atoms with Crippen molar-refractivity contribution in [2.75, 3.05) is 26.2 Å². The maximum Gasteiger partial charge on any atom is 0.289 e. The molecule has 0 N–H and O–H groups in total. The Bertz CT molecular complexity index is 674. The zero-order chi connectivity index (χ0) is 16.2. The Morgan fingerprint density at radius 1 is 1.00 bits per heavy atom. The molecule has 120 valence electrons. The molecular formula is C17H17FN2O3. The number of nitrogens with zero attached hydrogens (tertiary/aromatic N) is 2. The molecule has 2 aromatic rings. The molecule has 1 saturated heterocycles.